The second-order valence-corrected chi connectivity index (χ2v) is 8.84. The standard InChI is InChI=1S/C22H29N3O4S/c1-15-8-10-16(11-9-15)24(2)19(26)14-30-22-23-18-7-5-4-6-17(18)21(28)25(22)13-12-20(27)29-3/h4-7,15-16H,8-14H2,1-3H3. The summed E-state index contributed by atoms with van der Waals surface area (Å²) < 4.78 is 6.17. The van der Waals surface area contributed by atoms with Crippen molar-refractivity contribution in [3.8, 4) is 0 Å². The normalized spacial score (nSPS) is 18.9. The van der Waals surface area contributed by atoms with E-state index in [1.54, 1.807) is 18.2 Å². The molecule has 3 rings (SSSR count). The van der Waals surface area contributed by atoms with Gasteiger partial charge in [-0.25, -0.2) is 4.98 Å². The van der Waals surface area contributed by atoms with Gasteiger partial charge in [0.25, 0.3) is 5.56 Å². The number of fused-ring (bicyclic) bond motifs is 1. The molecule has 1 aliphatic carbocycles. The van der Waals surface area contributed by atoms with Gasteiger partial charge < -0.3 is 9.64 Å². The van der Waals surface area contributed by atoms with Crippen molar-refractivity contribution in [3.05, 3.63) is 34.6 Å². The lowest BCUT2D eigenvalue weighted by Crippen LogP contribution is -2.40. The van der Waals surface area contributed by atoms with Gasteiger partial charge in [0.2, 0.25) is 5.91 Å². The molecule has 1 heterocycles. The van der Waals surface area contributed by atoms with Crippen LogP contribution in [0, 0.1) is 5.92 Å². The number of esters is 1. The molecular formula is C22H29N3O4S. The molecule has 0 aliphatic heterocycles. The minimum atomic E-state index is -0.395. The van der Waals surface area contributed by atoms with Crippen LogP contribution < -0.4 is 5.56 Å². The predicted octanol–water partition coefficient (Wildman–Crippen LogP) is 3.09. The number of carbonyl (C=O) groups excluding carboxylic acids is 2. The lowest BCUT2D eigenvalue weighted by Gasteiger charge is -2.33. The molecule has 0 unspecified atom stereocenters. The molecule has 0 saturated heterocycles. The van der Waals surface area contributed by atoms with Crippen molar-refractivity contribution in [3.63, 3.8) is 0 Å². The molecule has 8 heteroatoms. The van der Waals surface area contributed by atoms with Gasteiger partial charge in [-0.3, -0.25) is 19.0 Å². The van der Waals surface area contributed by atoms with E-state index in [2.05, 4.69) is 11.9 Å². The van der Waals surface area contributed by atoms with Gasteiger partial charge >= 0.3 is 5.97 Å². The van der Waals surface area contributed by atoms with Crippen molar-refractivity contribution >= 4 is 34.5 Å². The number of hydrogen-bond acceptors (Lipinski definition) is 6. The van der Waals surface area contributed by atoms with E-state index in [0.717, 1.165) is 31.6 Å². The van der Waals surface area contributed by atoms with Gasteiger partial charge in [-0.05, 0) is 43.7 Å². The first kappa shape index (κ1) is 22.3. The Balaban J connectivity index is 1.77. The van der Waals surface area contributed by atoms with Crippen LogP contribution in [0.5, 0.6) is 0 Å². The smallest absolute Gasteiger partial charge is 0.307 e. The Kier molecular flexibility index (Phi) is 7.53. The number of thioether (sulfide) groups is 1. The SMILES string of the molecule is COC(=O)CCn1c(SCC(=O)N(C)C2CCC(C)CC2)nc2ccccc2c1=O. The molecule has 30 heavy (non-hydrogen) atoms. The highest BCUT2D eigenvalue weighted by atomic mass is 32.2. The van der Waals surface area contributed by atoms with Crippen molar-refractivity contribution < 1.29 is 14.3 Å². The summed E-state index contributed by atoms with van der Waals surface area (Å²) in [6, 6.07) is 7.39. The number of hydrogen-bond donors (Lipinski definition) is 0. The monoisotopic (exact) mass is 431 g/mol. The van der Waals surface area contributed by atoms with Crippen molar-refractivity contribution in [2.75, 3.05) is 19.9 Å². The van der Waals surface area contributed by atoms with E-state index in [1.165, 1.54) is 23.4 Å². The zero-order valence-electron chi connectivity index (χ0n) is 17.8. The van der Waals surface area contributed by atoms with Crippen LogP contribution in [0.1, 0.15) is 39.0 Å². The molecule has 1 fully saturated rings. The quantitative estimate of drug-likeness (QED) is 0.381. The zero-order valence-corrected chi connectivity index (χ0v) is 18.6. The molecule has 1 amide bonds. The minimum absolute atomic E-state index is 0.0291. The summed E-state index contributed by atoms with van der Waals surface area (Å²) in [4.78, 5) is 43.8. The minimum Gasteiger partial charge on any atom is -0.469 e. The Morgan fingerprint density at radius 3 is 2.63 bits per heavy atom. The van der Waals surface area contributed by atoms with Gasteiger partial charge in [-0.1, -0.05) is 30.8 Å². The molecule has 0 N–H and O–H groups in total. The topological polar surface area (TPSA) is 81.5 Å². The number of amides is 1. The number of nitrogens with zero attached hydrogens (tertiary/aromatic N) is 3. The van der Waals surface area contributed by atoms with Crippen LogP contribution in [0.3, 0.4) is 0 Å². The first-order chi connectivity index (χ1) is 14.4. The molecule has 0 spiro atoms. The molecule has 0 radical (unpaired) electrons. The molecule has 1 aromatic carbocycles. The fraction of sp³-hybridized carbons (Fsp3) is 0.545. The van der Waals surface area contributed by atoms with E-state index in [4.69, 9.17) is 4.74 Å². The number of ether oxygens (including phenoxy) is 1. The summed E-state index contributed by atoms with van der Waals surface area (Å²) in [5.41, 5.74) is 0.371. The highest BCUT2D eigenvalue weighted by molar-refractivity contribution is 7.99. The van der Waals surface area contributed by atoms with Gasteiger partial charge in [-0.15, -0.1) is 0 Å². The molecule has 1 aromatic heterocycles. The maximum absolute atomic E-state index is 13.0. The van der Waals surface area contributed by atoms with Crippen LogP contribution in [-0.2, 0) is 20.9 Å². The maximum Gasteiger partial charge on any atom is 0.307 e. The van der Waals surface area contributed by atoms with E-state index < -0.39 is 5.97 Å². The Bertz CT molecular complexity index is 966. The van der Waals surface area contributed by atoms with Gasteiger partial charge in [0.1, 0.15) is 0 Å². The van der Waals surface area contributed by atoms with Crippen LogP contribution in [0.25, 0.3) is 10.9 Å². The lowest BCUT2D eigenvalue weighted by molar-refractivity contribution is -0.140. The van der Waals surface area contributed by atoms with Crippen molar-refractivity contribution in [1.82, 2.24) is 14.5 Å². The molecule has 0 bridgehead atoms. The number of aromatic nitrogens is 2. The number of methoxy groups -OCH3 is 1. The Morgan fingerprint density at radius 1 is 1.23 bits per heavy atom. The summed E-state index contributed by atoms with van der Waals surface area (Å²) in [7, 11) is 3.18. The Morgan fingerprint density at radius 2 is 1.93 bits per heavy atom. The summed E-state index contributed by atoms with van der Waals surface area (Å²) in [5.74, 6) is 0.561. The highest BCUT2D eigenvalue weighted by Gasteiger charge is 2.25. The molecule has 1 aliphatic rings. The summed E-state index contributed by atoms with van der Waals surface area (Å²) in [6.45, 7) is 2.42. The first-order valence-electron chi connectivity index (χ1n) is 10.4. The second-order valence-electron chi connectivity index (χ2n) is 7.90. The first-order valence-corrected chi connectivity index (χ1v) is 11.3. The van der Waals surface area contributed by atoms with E-state index in [9.17, 15) is 14.4 Å². The third-order valence-corrected chi connectivity index (χ3v) is 6.81. The van der Waals surface area contributed by atoms with Gasteiger partial charge in [0.05, 0.1) is 30.2 Å². The highest BCUT2D eigenvalue weighted by Crippen LogP contribution is 2.27. The van der Waals surface area contributed by atoms with Crippen LogP contribution >= 0.6 is 11.8 Å². The Labute approximate surface area is 180 Å². The number of carbonyl (C=O) groups is 2. The van der Waals surface area contributed by atoms with Crippen LogP contribution in [0.4, 0.5) is 0 Å². The van der Waals surface area contributed by atoms with E-state index in [0.29, 0.717) is 16.1 Å². The molecule has 1 saturated carbocycles. The molecule has 0 atom stereocenters. The Hall–Kier alpha value is -2.35. The number of benzene rings is 1. The predicted molar refractivity (Wildman–Crippen MR) is 118 cm³/mol. The van der Waals surface area contributed by atoms with Crippen molar-refractivity contribution in [1.29, 1.82) is 0 Å². The van der Waals surface area contributed by atoms with Gasteiger partial charge in [-0.2, -0.15) is 0 Å². The largest absolute Gasteiger partial charge is 0.469 e. The van der Waals surface area contributed by atoms with Crippen LogP contribution in [0.15, 0.2) is 34.2 Å². The lowest BCUT2D eigenvalue weighted by atomic mass is 9.87. The summed E-state index contributed by atoms with van der Waals surface area (Å²) >= 11 is 1.24. The van der Waals surface area contributed by atoms with Crippen LogP contribution in [0.2, 0.25) is 0 Å². The fourth-order valence-corrected chi connectivity index (χ4v) is 4.77. The second kappa shape index (κ2) is 10.1. The van der Waals surface area contributed by atoms with E-state index in [-0.39, 0.29) is 36.2 Å². The van der Waals surface area contributed by atoms with Gasteiger partial charge in [0.15, 0.2) is 5.16 Å². The fourth-order valence-electron chi connectivity index (χ4n) is 3.82. The third-order valence-electron chi connectivity index (χ3n) is 5.85. The van der Waals surface area contributed by atoms with E-state index >= 15 is 0 Å². The van der Waals surface area contributed by atoms with Crippen LogP contribution in [-0.4, -0.2) is 52.3 Å². The zero-order chi connectivity index (χ0) is 21.7. The molecule has 2 aromatic rings. The summed E-state index contributed by atoms with van der Waals surface area (Å²) in [5, 5.41) is 0.938. The third kappa shape index (κ3) is 5.22. The maximum atomic E-state index is 13.0. The molecule has 7 nitrogen and oxygen atoms in total. The van der Waals surface area contributed by atoms with Crippen molar-refractivity contribution in [2.45, 2.75) is 56.8 Å². The van der Waals surface area contributed by atoms with Gasteiger partial charge in [0, 0.05) is 19.6 Å². The molecular weight excluding hydrogens is 402 g/mol. The average molecular weight is 432 g/mol. The number of para-hydroxylation sites is 1. The average Bonchev–Trinajstić information content (AvgIpc) is 2.76. The van der Waals surface area contributed by atoms with E-state index in [1.807, 2.05) is 18.0 Å². The molecule has 162 valence electrons. The number of rotatable bonds is 7. The summed E-state index contributed by atoms with van der Waals surface area (Å²) in [6.07, 6.45) is 4.43. The van der Waals surface area contributed by atoms with Crippen molar-refractivity contribution in [2.24, 2.45) is 5.92 Å².